The van der Waals surface area contributed by atoms with E-state index < -0.39 is 30.4 Å². The first kappa shape index (κ1) is 40.5. The van der Waals surface area contributed by atoms with Gasteiger partial charge in [0.15, 0.2) is 0 Å². The molecule has 0 aromatic rings. The van der Waals surface area contributed by atoms with Gasteiger partial charge in [-0.25, -0.2) is 0 Å². The van der Waals surface area contributed by atoms with Crippen molar-refractivity contribution in [1.29, 1.82) is 0 Å². The minimum absolute atomic E-state index is 0.00664. The highest BCUT2D eigenvalue weighted by Crippen LogP contribution is 2.78. The molecule has 0 amide bonds. The van der Waals surface area contributed by atoms with Gasteiger partial charge in [-0.1, -0.05) is 60.6 Å². The molecule has 10 atom stereocenters. The third-order valence-corrected chi connectivity index (χ3v) is 18.0. The van der Waals surface area contributed by atoms with Crippen molar-refractivity contribution in [2.24, 2.45) is 62.1 Å². The average Bonchev–Trinajstić information content (AvgIpc) is 3.39. The number of hydrogen-bond acceptors (Lipinski definition) is 7. The second-order valence-electron chi connectivity index (χ2n) is 19.3. The van der Waals surface area contributed by atoms with Gasteiger partial charge in [0.05, 0.1) is 37.6 Å². The number of carboxylic acids is 2. The number of rotatable bonds is 13. The van der Waals surface area contributed by atoms with Gasteiger partial charge in [0.2, 0.25) is 0 Å². The van der Waals surface area contributed by atoms with Crippen LogP contribution in [0, 0.1) is 62.1 Å². The Kier molecular flexibility index (Phi) is 11.0. The van der Waals surface area contributed by atoms with E-state index in [9.17, 15) is 29.2 Å². The Morgan fingerprint density at radius 3 is 2.04 bits per heavy atom. The largest absolute Gasteiger partial charge is 0.481 e. The van der Waals surface area contributed by atoms with Gasteiger partial charge in [0.1, 0.15) is 6.10 Å². The first-order chi connectivity index (χ1) is 23.6. The van der Waals surface area contributed by atoms with Gasteiger partial charge in [-0.3, -0.25) is 18.9 Å². The maximum absolute atomic E-state index is 13.7. The molecule has 5 fully saturated rings. The van der Waals surface area contributed by atoms with Crippen molar-refractivity contribution >= 4 is 25.5 Å². The first-order valence-corrected chi connectivity index (χ1v) is 21.5. The topological polar surface area (TPSA) is 136 Å². The third-order valence-electron chi connectivity index (χ3n) is 15.9. The molecule has 5 aliphatic rings. The molecule has 0 aromatic heterocycles. The van der Waals surface area contributed by atoms with Crippen LogP contribution in [0.2, 0.25) is 0 Å². The van der Waals surface area contributed by atoms with Crippen molar-refractivity contribution in [3.8, 4) is 0 Å². The zero-order valence-corrected chi connectivity index (χ0v) is 33.9. The Bertz CT molecular complexity index is 1430. The van der Waals surface area contributed by atoms with Crippen molar-refractivity contribution in [3.05, 3.63) is 12.2 Å². The summed E-state index contributed by atoms with van der Waals surface area (Å²) in [6, 6.07) is 0. The van der Waals surface area contributed by atoms with Crippen molar-refractivity contribution in [2.45, 2.75) is 145 Å². The van der Waals surface area contributed by atoms with Gasteiger partial charge in [0, 0.05) is 5.41 Å². The molecule has 0 bridgehead atoms. The monoisotopic (exact) mass is 734 g/mol. The molecule has 5 aliphatic carbocycles. The number of carbonyl (C=O) groups is 3. The number of carboxylic acid groups (broad SMARTS) is 2. The normalized spacial score (nSPS) is 40.3. The lowest BCUT2D eigenvalue weighted by Crippen LogP contribution is -2.67. The standard InChI is InChI=1S/C41H67O9P/c1-11-48-51(47,49-12-2)25-26(3)27-15-20-41(35(45)46)22-21-39(9)28(34(27)41)13-14-30-38(8)18-17-31(37(6,7)29(38)16-19-40(30,39)10)50-33(44)24-36(4,5)23-32(42)43/h27-31,34H,3,11-25H2,1-2,4-10H3,(H,42,43)(H,45,46)/t27?,28?,29?,30?,31?,34?,38-,39+,40+,41?/m0/s1. The quantitative estimate of drug-likeness (QED) is 0.108. The molecule has 2 N–H and O–H groups in total. The Morgan fingerprint density at radius 2 is 1.45 bits per heavy atom. The van der Waals surface area contributed by atoms with E-state index in [1.165, 1.54) is 0 Å². The van der Waals surface area contributed by atoms with Crippen molar-refractivity contribution in [1.82, 2.24) is 0 Å². The number of fused-ring (bicyclic) bond motifs is 7. The summed E-state index contributed by atoms with van der Waals surface area (Å²) >= 11 is 0. The zero-order valence-electron chi connectivity index (χ0n) is 33.0. The fourth-order valence-corrected chi connectivity index (χ4v) is 15.3. The Labute approximate surface area is 306 Å². The predicted molar refractivity (Wildman–Crippen MR) is 197 cm³/mol. The Balaban J connectivity index is 1.41. The minimum atomic E-state index is -3.38. The second kappa shape index (κ2) is 13.9. The molecule has 0 radical (unpaired) electrons. The number of ether oxygens (including phenoxy) is 1. The lowest BCUT2D eigenvalue weighted by atomic mass is 9.32. The van der Waals surface area contributed by atoms with Gasteiger partial charge in [-0.05, 0) is 129 Å². The van der Waals surface area contributed by atoms with Crippen molar-refractivity contribution in [2.75, 3.05) is 19.4 Å². The molecule has 0 saturated heterocycles. The molecule has 5 saturated carbocycles. The van der Waals surface area contributed by atoms with E-state index >= 15 is 0 Å². The van der Waals surface area contributed by atoms with E-state index in [1.807, 2.05) is 13.8 Å². The fraction of sp³-hybridized carbons (Fsp3) is 0.878. The molecule has 5 rings (SSSR count). The maximum atomic E-state index is 13.7. The fourth-order valence-electron chi connectivity index (χ4n) is 13.6. The number of allylic oxidation sites excluding steroid dienone is 1. The lowest BCUT2D eigenvalue weighted by molar-refractivity contribution is -0.250. The predicted octanol–water partition coefficient (Wildman–Crippen LogP) is 9.78. The summed E-state index contributed by atoms with van der Waals surface area (Å²) in [4.78, 5) is 37.9. The van der Waals surface area contributed by atoms with Crippen LogP contribution in [0.5, 0.6) is 0 Å². The van der Waals surface area contributed by atoms with E-state index in [2.05, 4.69) is 41.2 Å². The van der Waals surface area contributed by atoms with Crippen LogP contribution in [0.3, 0.4) is 0 Å². The molecule has 0 heterocycles. The summed E-state index contributed by atoms with van der Waals surface area (Å²) in [5.41, 5.74) is -0.916. The summed E-state index contributed by atoms with van der Waals surface area (Å²) in [7, 11) is -3.38. The summed E-state index contributed by atoms with van der Waals surface area (Å²) in [5, 5.41) is 20.2. The van der Waals surface area contributed by atoms with Crippen LogP contribution < -0.4 is 0 Å². The smallest absolute Gasteiger partial charge is 0.334 e. The van der Waals surface area contributed by atoms with Crippen LogP contribution in [0.15, 0.2) is 12.2 Å². The van der Waals surface area contributed by atoms with E-state index in [0.717, 1.165) is 56.9 Å². The number of hydrogen-bond donors (Lipinski definition) is 2. The minimum Gasteiger partial charge on any atom is -0.481 e. The van der Waals surface area contributed by atoms with Gasteiger partial charge in [-0.15, -0.1) is 0 Å². The van der Waals surface area contributed by atoms with Crippen LogP contribution in [0.4, 0.5) is 0 Å². The number of carbonyl (C=O) groups excluding carboxylic acids is 1. The second-order valence-corrected chi connectivity index (χ2v) is 21.4. The molecule has 7 unspecified atom stereocenters. The van der Waals surface area contributed by atoms with Gasteiger partial charge >= 0.3 is 25.5 Å². The molecule has 9 nitrogen and oxygen atoms in total. The summed E-state index contributed by atoms with van der Waals surface area (Å²) < 4.78 is 31.2. The van der Waals surface area contributed by atoms with Gasteiger partial charge in [0.25, 0.3) is 0 Å². The SMILES string of the molecule is C=C(CP(=O)(OCC)OCC)C1CCC2(C(=O)O)CC[C@]3(C)C(CCC4[C@@]5(C)CCC(OC(=O)CC(C)(C)CC(=O)O)C(C)(C)C5CC[C@]43C)C12. The summed E-state index contributed by atoms with van der Waals surface area (Å²) in [6.45, 7) is 24.3. The average molecular weight is 735 g/mol. The molecule has 0 spiro atoms. The van der Waals surface area contributed by atoms with Gasteiger partial charge < -0.3 is 24.0 Å². The molecular weight excluding hydrogens is 667 g/mol. The highest BCUT2D eigenvalue weighted by Gasteiger charge is 2.72. The Morgan fingerprint density at radius 1 is 0.804 bits per heavy atom. The molecule has 0 aliphatic heterocycles. The molecule has 51 heavy (non-hydrogen) atoms. The first-order valence-electron chi connectivity index (χ1n) is 19.8. The molecule has 10 heteroatoms. The van der Waals surface area contributed by atoms with E-state index in [1.54, 1.807) is 13.8 Å². The number of esters is 1. The third kappa shape index (κ3) is 6.70. The highest BCUT2D eigenvalue weighted by molar-refractivity contribution is 7.54. The van der Waals surface area contributed by atoms with Crippen LogP contribution >= 0.6 is 7.60 Å². The van der Waals surface area contributed by atoms with Crippen LogP contribution in [-0.4, -0.2) is 53.6 Å². The van der Waals surface area contributed by atoms with E-state index in [4.69, 9.17) is 13.8 Å². The van der Waals surface area contributed by atoms with E-state index in [0.29, 0.717) is 24.7 Å². The highest BCUT2D eigenvalue weighted by atomic mass is 31.2. The Hall–Kier alpha value is -1.70. The van der Waals surface area contributed by atoms with Crippen LogP contribution in [0.1, 0.15) is 139 Å². The lowest BCUT2D eigenvalue weighted by Gasteiger charge is -2.72. The van der Waals surface area contributed by atoms with Crippen LogP contribution in [0.25, 0.3) is 0 Å². The molecule has 290 valence electrons. The molecule has 0 aromatic carbocycles. The van der Waals surface area contributed by atoms with Crippen molar-refractivity contribution in [3.63, 3.8) is 0 Å². The zero-order chi connectivity index (χ0) is 38.0. The number of aliphatic carboxylic acids is 2. The maximum Gasteiger partial charge on any atom is 0.334 e. The molecular formula is C41H67O9P. The van der Waals surface area contributed by atoms with E-state index in [-0.39, 0.29) is 83.7 Å². The van der Waals surface area contributed by atoms with Crippen LogP contribution in [-0.2, 0) is 32.7 Å². The van der Waals surface area contributed by atoms with Gasteiger partial charge in [-0.2, -0.15) is 0 Å². The van der Waals surface area contributed by atoms with Crippen molar-refractivity contribution < 1.29 is 42.9 Å². The summed E-state index contributed by atoms with van der Waals surface area (Å²) in [6.07, 6.45) is 8.63. The summed E-state index contributed by atoms with van der Waals surface area (Å²) in [5.74, 6) is -1.01.